The Morgan fingerprint density at radius 3 is 1.82 bits per heavy atom. The Morgan fingerprint density at radius 2 is 1.53 bits per heavy atom. The van der Waals surface area contributed by atoms with Crippen LogP contribution in [0.2, 0.25) is 0 Å². The quantitative estimate of drug-likeness (QED) is 0.614. The van der Waals surface area contributed by atoms with Crippen molar-refractivity contribution in [1.82, 2.24) is 4.90 Å². The van der Waals surface area contributed by atoms with Crippen molar-refractivity contribution >= 4 is 5.97 Å². The van der Waals surface area contributed by atoms with E-state index >= 15 is 0 Å². The molecular formula is C14H29NO2. The summed E-state index contributed by atoms with van der Waals surface area (Å²) < 4.78 is 5.16. The predicted octanol–water partition coefficient (Wildman–Crippen LogP) is 2.94. The van der Waals surface area contributed by atoms with E-state index in [-0.39, 0.29) is 12.0 Å². The molecule has 17 heavy (non-hydrogen) atoms. The van der Waals surface area contributed by atoms with Gasteiger partial charge < -0.3 is 4.74 Å². The number of hydrogen-bond donors (Lipinski definition) is 0. The molecule has 0 aliphatic carbocycles. The summed E-state index contributed by atoms with van der Waals surface area (Å²) in [5, 5.41) is 0. The van der Waals surface area contributed by atoms with Gasteiger partial charge in [0.1, 0.15) is 6.04 Å². The van der Waals surface area contributed by atoms with E-state index in [0.29, 0.717) is 18.4 Å². The molecule has 0 radical (unpaired) electrons. The van der Waals surface area contributed by atoms with E-state index in [1.165, 1.54) is 0 Å². The lowest BCUT2D eigenvalue weighted by molar-refractivity contribution is -0.150. The smallest absolute Gasteiger partial charge is 0.323 e. The fraction of sp³-hybridized carbons (Fsp3) is 0.929. The maximum atomic E-state index is 11.9. The third kappa shape index (κ3) is 6.67. The van der Waals surface area contributed by atoms with E-state index in [1.807, 2.05) is 6.92 Å². The number of carbonyl (C=O) groups excluding carboxylic acids is 1. The van der Waals surface area contributed by atoms with Crippen LogP contribution in [0.25, 0.3) is 0 Å². The zero-order chi connectivity index (χ0) is 13.4. The Hall–Kier alpha value is -0.570. The van der Waals surface area contributed by atoms with Crippen LogP contribution in [0.15, 0.2) is 0 Å². The molecule has 0 saturated heterocycles. The monoisotopic (exact) mass is 243 g/mol. The molecule has 1 unspecified atom stereocenters. The van der Waals surface area contributed by atoms with E-state index < -0.39 is 0 Å². The standard InChI is InChI=1S/C14H29NO2/c1-7-13(14(16)17-8-2)15(9-11(3)4)10-12(5)6/h11-13H,7-10H2,1-6H3. The maximum Gasteiger partial charge on any atom is 0.323 e. The first-order valence-corrected chi connectivity index (χ1v) is 6.82. The molecule has 0 aliphatic heterocycles. The van der Waals surface area contributed by atoms with Crippen molar-refractivity contribution in [3.8, 4) is 0 Å². The summed E-state index contributed by atoms with van der Waals surface area (Å²) in [6.07, 6.45) is 0.818. The van der Waals surface area contributed by atoms with Crippen LogP contribution in [0, 0.1) is 11.8 Å². The second-order valence-corrected chi connectivity index (χ2v) is 5.42. The highest BCUT2D eigenvalue weighted by molar-refractivity contribution is 5.75. The average molecular weight is 243 g/mol. The highest BCUT2D eigenvalue weighted by atomic mass is 16.5. The van der Waals surface area contributed by atoms with Crippen LogP contribution < -0.4 is 0 Å². The Bertz CT molecular complexity index is 204. The third-order valence-corrected chi connectivity index (χ3v) is 2.59. The first kappa shape index (κ1) is 16.4. The minimum Gasteiger partial charge on any atom is -0.465 e. The molecule has 0 aliphatic rings. The summed E-state index contributed by atoms with van der Waals surface area (Å²) in [4.78, 5) is 14.2. The lowest BCUT2D eigenvalue weighted by Gasteiger charge is -2.32. The van der Waals surface area contributed by atoms with E-state index in [0.717, 1.165) is 19.5 Å². The van der Waals surface area contributed by atoms with Gasteiger partial charge in [-0.15, -0.1) is 0 Å². The van der Waals surface area contributed by atoms with Gasteiger partial charge in [-0.2, -0.15) is 0 Å². The van der Waals surface area contributed by atoms with Crippen LogP contribution in [0.3, 0.4) is 0 Å². The van der Waals surface area contributed by atoms with Gasteiger partial charge in [-0.25, -0.2) is 0 Å². The lowest BCUT2D eigenvalue weighted by Crippen LogP contribution is -2.45. The number of rotatable bonds is 8. The molecule has 102 valence electrons. The summed E-state index contributed by atoms with van der Waals surface area (Å²) in [6, 6.07) is -0.0836. The molecule has 0 saturated carbocycles. The molecule has 0 amide bonds. The fourth-order valence-corrected chi connectivity index (χ4v) is 2.08. The van der Waals surface area contributed by atoms with Crippen molar-refractivity contribution in [1.29, 1.82) is 0 Å². The minimum atomic E-state index is -0.0836. The topological polar surface area (TPSA) is 29.5 Å². The Labute approximate surface area is 107 Å². The van der Waals surface area contributed by atoms with Crippen molar-refractivity contribution in [2.75, 3.05) is 19.7 Å². The molecule has 0 aromatic heterocycles. The molecule has 0 aromatic rings. The number of nitrogens with zero attached hydrogens (tertiary/aromatic N) is 1. The minimum absolute atomic E-state index is 0.0729. The SMILES string of the molecule is CCOC(=O)C(CC)N(CC(C)C)CC(C)C. The summed E-state index contributed by atoms with van der Waals surface area (Å²) in [7, 11) is 0. The van der Waals surface area contributed by atoms with Crippen LogP contribution >= 0.6 is 0 Å². The number of hydrogen-bond acceptors (Lipinski definition) is 3. The Morgan fingerprint density at radius 1 is 1.06 bits per heavy atom. The van der Waals surface area contributed by atoms with Gasteiger partial charge in [-0.05, 0) is 25.2 Å². The zero-order valence-electron chi connectivity index (χ0n) is 12.3. The molecule has 0 fully saturated rings. The van der Waals surface area contributed by atoms with Gasteiger partial charge in [0.25, 0.3) is 0 Å². The first-order valence-electron chi connectivity index (χ1n) is 6.82. The van der Waals surface area contributed by atoms with Crippen LogP contribution in [-0.4, -0.2) is 36.6 Å². The van der Waals surface area contributed by atoms with E-state index in [9.17, 15) is 4.79 Å². The van der Waals surface area contributed by atoms with Crippen LogP contribution in [0.4, 0.5) is 0 Å². The van der Waals surface area contributed by atoms with Gasteiger partial charge in [0.05, 0.1) is 6.61 Å². The van der Waals surface area contributed by atoms with Gasteiger partial charge in [0, 0.05) is 13.1 Å². The van der Waals surface area contributed by atoms with Gasteiger partial charge in [0.2, 0.25) is 0 Å². The van der Waals surface area contributed by atoms with Crippen molar-refractivity contribution < 1.29 is 9.53 Å². The Balaban J connectivity index is 4.64. The van der Waals surface area contributed by atoms with E-state index in [1.54, 1.807) is 0 Å². The van der Waals surface area contributed by atoms with E-state index in [4.69, 9.17) is 4.74 Å². The zero-order valence-corrected chi connectivity index (χ0v) is 12.3. The highest BCUT2D eigenvalue weighted by Gasteiger charge is 2.26. The largest absolute Gasteiger partial charge is 0.465 e. The molecule has 3 heteroatoms. The predicted molar refractivity (Wildman–Crippen MR) is 72.0 cm³/mol. The molecule has 0 rings (SSSR count). The van der Waals surface area contributed by atoms with Crippen molar-refractivity contribution in [3.63, 3.8) is 0 Å². The molecular weight excluding hydrogens is 214 g/mol. The van der Waals surface area contributed by atoms with Crippen molar-refractivity contribution in [2.24, 2.45) is 11.8 Å². The average Bonchev–Trinajstić information content (AvgIpc) is 2.16. The maximum absolute atomic E-state index is 11.9. The molecule has 1 atom stereocenters. The van der Waals surface area contributed by atoms with Gasteiger partial charge in [-0.3, -0.25) is 9.69 Å². The number of ether oxygens (including phenoxy) is 1. The summed E-state index contributed by atoms with van der Waals surface area (Å²) in [5.41, 5.74) is 0. The normalized spacial score (nSPS) is 13.5. The van der Waals surface area contributed by atoms with Gasteiger partial charge >= 0.3 is 5.97 Å². The molecule has 0 aromatic carbocycles. The molecule has 0 heterocycles. The second-order valence-electron chi connectivity index (χ2n) is 5.42. The van der Waals surface area contributed by atoms with Gasteiger partial charge in [-0.1, -0.05) is 34.6 Å². The van der Waals surface area contributed by atoms with E-state index in [2.05, 4.69) is 39.5 Å². The van der Waals surface area contributed by atoms with Crippen LogP contribution in [0.5, 0.6) is 0 Å². The second kappa shape index (κ2) is 8.51. The van der Waals surface area contributed by atoms with Crippen molar-refractivity contribution in [3.05, 3.63) is 0 Å². The number of carbonyl (C=O) groups is 1. The van der Waals surface area contributed by atoms with Crippen LogP contribution in [-0.2, 0) is 9.53 Å². The third-order valence-electron chi connectivity index (χ3n) is 2.59. The Kier molecular flexibility index (Phi) is 8.23. The first-order chi connectivity index (χ1) is 7.92. The fourth-order valence-electron chi connectivity index (χ4n) is 2.08. The lowest BCUT2D eigenvalue weighted by atomic mass is 10.1. The number of esters is 1. The van der Waals surface area contributed by atoms with Gasteiger partial charge in [0.15, 0.2) is 0 Å². The molecule has 0 spiro atoms. The summed E-state index contributed by atoms with van der Waals surface area (Å²) in [6.45, 7) is 15.0. The highest BCUT2D eigenvalue weighted by Crippen LogP contribution is 2.12. The summed E-state index contributed by atoms with van der Waals surface area (Å²) in [5.74, 6) is 1.06. The molecule has 0 bridgehead atoms. The molecule has 0 N–H and O–H groups in total. The molecule has 3 nitrogen and oxygen atoms in total. The van der Waals surface area contributed by atoms with Crippen molar-refractivity contribution in [2.45, 2.75) is 54.0 Å². The summed E-state index contributed by atoms with van der Waals surface area (Å²) >= 11 is 0. The van der Waals surface area contributed by atoms with Crippen LogP contribution in [0.1, 0.15) is 48.0 Å².